The van der Waals surface area contributed by atoms with E-state index in [-0.39, 0.29) is 23.7 Å². The lowest BCUT2D eigenvalue weighted by atomic mass is 10.1. The first-order chi connectivity index (χ1) is 12.8. The molecule has 1 N–H and O–H groups in total. The summed E-state index contributed by atoms with van der Waals surface area (Å²) in [7, 11) is -3.64. The zero-order valence-electron chi connectivity index (χ0n) is 14.3. The quantitative estimate of drug-likeness (QED) is 0.759. The van der Waals surface area contributed by atoms with E-state index in [0.717, 1.165) is 0 Å². The van der Waals surface area contributed by atoms with Crippen LogP contribution in [0.1, 0.15) is 6.92 Å². The summed E-state index contributed by atoms with van der Waals surface area (Å²) in [5, 5.41) is 2.92. The van der Waals surface area contributed by atoms with Crippen LogP contribution in [0.15, 0.2) is 52.6 Å². The Balaban J connectivity index is 1.72. The minimum absolute atomic E-state index is 0.00698. The van der Waals surface area contributed by atoms with E-state index in [9.17, 15) is 18.0 Å². The minimum atomic E-state index is -3.64. The summed E-state index contributed by atoms with van der Waals surface area (Å²) in [6, 6.07) is 6.65. The largest absolute Gasteiger partial charge is 0.449 e. The van der Waals surface area contributed by atoms with Gasteiger partial charge in [0.1, 0.15) is 5.57 Å². The highest BCUT2D eigenvalue weighted by Crippen LogP contribution is 2.22. The SMILES string of the molecule is C[C@@H](OC(=O)C1=CC=CN2CCS(=O)(=O)N=C12)C(=O)Nc1ccccc1Cl. The van der Waals surface area contributed by atoms with Crippen LogP contribution >= 0.6 is 11.6 Å². The molecule has 0 saturated carbocycles. The van der Waals surface area contributed by atoms with Crippen molar-refractivity contribution in [1.29, 1.82) is 0 Å². The number of nitrogens with zero attached hydrogens (tertiary/aromatic N) is 2. The van der Waals surface area contributed by atoms with Crippen LogP contribution in [-0.4, -0.2) is 49.4 Å². The third-order valence-corrected chi connectivity index (χ3v) is 5.34. The van der Waals surface area contributed by atoms with Gasteiger partial charge in [-0.25, -0.2) is 13.2 Å². The molecule has 0 aromatic heterocycles. The number of sulfonamides is 1. The van der Waals surface area contributed by atoms with Crippen molar-refractivity contribution < 1.29 is 22.7 Å². The van der Waals surface area contributed by atoms with Crippen LogP contribution in [0, 0.1) is 0 Å². The number of anilines is 1. The molecule has 8 nitrogen and oxygen atoms in total. The van der Waals surface area contributed by atoms with Gasteiger partial charge in [-0.15, -0.1) is 4.40 Å². The highest BCUT2D eigenvalue weighted by Gasteiger charge is 2.32. The number of para-hydroxylation sites is 1. The normalized spacial score (nSPS) is 18.7. The third-order valence-electron chi connectivity index (χ3n) is 3.86. The van der Waals surface area contributed by atoms with Crippen LogP contribution in [0.3, 0.4) is 0 Å². The smallest absolute Gasteiger partial charge is 0.342 e. The highest BCUT2D eigenvalue weighted by molar-refractivity contribution is 7.90. The first kappa shape index (κ1) is 19.1. The molecule has 27 heavy (non-hydrogen) atoms. The monoisotopic (exact) mass is 409 g/mol. The summed E-state index contributed by atoms with van der Waals surface area (Å²) < 4.78 is 32.3. The lowest BCUT2D eigenvalue weighted by Crippen LogP contribution is -2.41. The van der Waals surface area contributed by atoms with Gasteiger partial charge in [-0.05, 0) is 31.2 Å². The number of benzene rings is 1. The number of carbonyl (C=O) groups is 2. The van der Waals surface area contributed by atoms with Gasteiger partial charge in [0.2, 0.25) is 0 Å². The van der Waals surface area contributed by atoms with Crippen LogP contribution in [-0.2, 0) is 24.3 Å². The number of carbonyl (C=O) groups excluding carboxylic acids is 2. The fourth-order valence-corrected chi connectivity index (χ4v) is 3.62. The van der Waals surface area contributed by atoms with E-state index in [1.165, 1.54) is 13.0 Å². The molecular weight excluding hydrogens is 394 g/mol. The van der Waals surface area contributed by atoms with Crippen molar-refractivity contribution in [3.8, 4) is 0 Å². The second-order valence-electron chi connectivity index (χ2n) is 5.83. The second-order valence-corrected chi connectivity index (χ2v) is 7.99. The Labute approximate surface area is 161 Å². The van der Waals surface area contributed by atoms with Gasteiger partial charge in [-0.2, -0.15) is 0 Å². The van der Waals surface area contributed by atoms with Gasteiger partial charge in [0.25, 0.3) is 15.9 Å². The van der Waals surface area contributed by atoms with Crippen LogP contribution < -0.4 is 5.32 Å². The number of esters is 1. The minimum Gasteiger partial charge on any atom is -0.449 e. The zero-order chi connectivity index (χ0) is 19.6. The number of nitrogens with one attached hydrogen (secondary N) is 1. The fraction of sp³-hybridized carbons (Fsp3) is 0.235. The summed E-state index contributed by atoms with van der Waals surface area (Å²) in [4.78, 5) is 26.3. The number of rotatable bonds is 4. The molecule has 0 unspecified atom stereocenters. The molecule has 2 aliphatic heterocycles. The molecule has 0 saturated heterocycles. The number of hydrogen-bond acceptors (Lipinski definition) is 6. The number of hydrogen-bond donors (Lipinski definition) is 1. The van der Waals surface area contributed by atoms with Crippen molar-refractivity contribution in [2.75, 3.05) is 17.6 Å². The van der Waals surface area contributed by atoms with Crippen molar-refractivity contribution in [2.24, 2.45) is 4.40 Å². The van der Waals surface area contributed by atoms with Crippen LogP contribution in [0.4, 0.5) is 5.69 Å². The Morgan fingerprint density at radius 3 is 2.81 bits per heavy atom. The molecule has 0 fully saturated rings. The molecular formula is C17H16ClN3O5S. The van der Waals surface area contributed by atoms with Gasteiger partial charge in [-0.1, -0.05) is 23.7 Å². The number of ether oxygens (including phenoxy) is 1. The lowest BCUT2D eigenvalue weighted by molar-refractivity contribution is -0.148. The van der Waals surface area contributed by atoms with Crippen molar-refractivity contribution in [3.05, 3.63) is 53.2 Å². The summed E-state index contributed by atoms with van der Waals surface area (Å²) in [5.74, 6) is -1.56. The highest BCUT2D eigenvalue weighted by atomic mass is 35.5. The average molecular weight is 410 g/mol. The van der Waals surface area contributed by atoms with E-state index in [0.29, 0.717) is 10.7 Å². The molecule has 0 radical (unpaired) electrons. The van der Waals surface area contributed by atoms with E-state index in [4.69, 9.17) is 16.3 Å². The van der Waals surface area contributed by atoms with Crippen LogP contribution in [0.2, 0.25) is 5.02 Å². The molecule has 0 spiro atoms. The zero-order valence-corrected chi connectivity index (χ0v) is 15.8. The van der Waals surface area contributed by atoms with Gasteiger partial charge in [0.05, 0.1) is 16.5 Å². The molecule has 1 atom stereocenters. The maximum atomic E-state index is 12.5. The number of amidine groups is 1. The van der Waals surface area contributed by atoms with Gasteiger partial charge in [-0.3, -0.25) is 4.79 Å². The summed E-state index contributed by atoms with van der Waals surface area (Å²) >= 11 is 5.99. The third kappa shape index (κ3) is 4.37. The van der Waals surface area contributed by atoms with Crippen molar-refractivity contribution in [1.82, 2.24) is 4.90 Å². The maximum absolute atomic E-state index is 12.5. The number of amides is 1. The van der Waals surface area contributed by atoms with E-state index in [1.54, 1.807) is 41.4 Å². The van der Waals surface area contributed by atoms with Crippen molar-refractivity contribution >= 4 is 45.0 Å². The van der Waals surface area contributed by atoms with Gasteiger partial charge in [0, 0.05) is 12.7 Å². The standard InChI is InChI=1S/C17H16ClN3O5S/c1-11(16(22)19-14-7-3-2-6-13(14)18)26-17(23)12-5-4-8-21-9-10-27(24,25)20-15(12)21/h2-8,11H,9-10H2,1H3,(H,19,22)/t11-/m1/s1. The molecule has 3 rings (SSSR count). The Hall–Kier alpha value is -2.65. The summed E-state index contributed by atoms with van der Waals surface area (Å²) in [5.41, 5.74) is 0.360. The number of allylic oxidation sites excluding steroid dienone is 2. The molecule has 0 bridgehead atoms. The summed E-state index contributed by atoms with van der Waals surface area (Å²) in [6.07, 6.45) is 3.48. The van der Waals surface area contributed by atoms with Crippen LogP contribution in [0.25, 0.3) is 0 Å². The van der Waals surface area contributed by atoms with Crippen LogP contribution in [0.5, 0.6) is 0 Å². The van der Waals surface area contributed by atoms with E-state index in [1.807, 2.05) is 0 Å². The number of fused-ring (bicyclic) bond motifs is 1. The first-order valence-electron chi connectivity index (χ1n) is 8.01. The lowest BCUT2D eigenvalue weighted by Gasteiger charge is -2.28. The Bertz CT molecular complexity index is 984. The molecule has 2 heterocycles. The first-order valence-corrected chi connectivity index (χ1v) is 10.00. The summed E-state index contributed by atoms with van der Waals surface area (Å²) in [6.45, 7) is 1.59. The van der Waals surface area contributed by atoms with E-state index >= 15 is 0 Å². The molecule has 1 aromatic rings. The topological polar surface area (TPSA) is 105 Å². The van der Waals surface area contributed by atoms with Gasteiger partial charge in [0.15, 0.2) is 11.9 Å². The van der Waals surface area contributed by atoms with Crippen molar-refractivity contribution in [3.63, 3.8) is 0 Å². The predicted octanol–water partition coefficient (Wildman–Crippen LogP) is 1.71. The second kappa shape index (κ2) is 7.53. The van der Waals surface area contributed by atoms with Gasteiger partial charge < -0.3 is 15.0 Å². The molecule has 142 valence electrons. The molecule has 1 aromatic carbocycles. The van der Waals surface area contributed by atoms with Gasteiger partial charge >= 0.3 is 5.97 Å². The fourth-order valence-electron chi connectivity index (χ4n) is 2.45. The Morgan fingerprint density at radius 1 is 1.33 bits per heavy atom. The van der Waals surface area contributed by atoms with E-state index in [2.05, 4.69) is 9.71 Å². The predicted molar refractivity (Wildman–Crippen MR) is 101 cm³/mol. The Kier molecular flexibility index (Phi) is 5.33. The average Bonchev–Trinajstić information content (AvgIpc) is 2.62. The number of halogens is 1. The molecule has 2 aliphatic rings. The molecule has 1 amide bonds. The molecule has 0 aliphatic carbocycles. The van der Waals surface area contributed by atoms with E-state index < -0.39 is 28.0 Å². The maximum Gasteiger partial charge on any atom is 0.342 e. The van der Waals surface area contributed by atoms with Crippen molar-refractivity contribution in [2.45, 2.75) is 13.0 Å². The Morgan fingerprint density at radius 2 is 2.07 bits per heavy atom. The molecule has 10 heteroatoms.